The maximum absolute atomic E-state index is 12.4. The summed E-state index contributed by atoms with van der Waals surface area (Å²) >= 11 is 0. The maximum Gasteiger partial charge on any atom is 0.270 e. The molecular weight excluding hydrogens is 254 g/mol. The summed E-state index contributed by atoms with van der Waals surface area (Å²) in [6.45, 7) is 3.30. The van der Waals surface area contributed by atoms with Crippen LogP contribution in [0.4, 0.5) is 0 Å². The van der Waals surface area contributed by atoms with Crippen molar-refractivity contribution in [2.75, 3.05) is 19.6 Å². The molecule has 1 aliphatic carbocycles. The van der Waals surface area contributed by atoms with Crippen LogP contribution in [0.1, 0.15) is 45.4 Å². The first-order valence-electron chi connectivity index (χ1n) is 7.40. The van der Waals surface area contributed by atoms with Gasteiger partial charge in [-0.2, -0.15) is 0 Å². The number of nitrogens with zero attached hydrogens (tertiary/aromatic N) is 2. The van der Waals surface area contributed by atoms with Crippen LogP contribution in [0.2, 0.25) is 0 Å². The van der Waals surface area contributed by atoms with E-state index in [-0.39, 0.29) is 18.2 Å². The summed E-state index contributed by atoms with van der Waals surface area (Å²) in [6.07, 6.45) is 5.86. The summed E-state index contributed by atoms with van der Waals surface area (Å²) in [5, 5.41) is 0. The van der Waals surface area contributed by atoms with Gasteiger partial charge in [0.15, 0.2) is 5.78 Å². The van der Waals surface area contributed by atoms with Crippen molar-refractivity contribution in [3.05, 3.63) is 11.3 Å². The van der Waals surface area contributed by atoms with Crippen molar-refractivity contribution in [2.45, 2.75) is 45.4 Å². The Hall–Kier alpha value is -1.65. The van der Waals surface area contributed by atoms with Gasteiger partial charge >= 0.3 is 0 Å². The lowest BCUT2D eigenvalue weighted by molar-refractivity contribution is -0.128. The van der Waals surface area contributed by atoms with Crippen molar-refractivity contribution in [2.24, 2.45) is 10.7 Å². The van der Waals surface area contributed by atoms with Gasteiger partial charge in [-0.15, -0.1) is 0 Å². The van der Waals surface area contributed by atoms with Gasteiger partial charge in [-0.3, -0.25) is 14.6 Å². The van der Waals surface area contributed by atoms with Gasteiger partial charge < -0.3 is 10.6 Å². The maximum atomic E-state index is 12.4. The predicted molar refractivity (Wildman–Crippen MR) is 78.5 cm³/mol. The highest BCUT2D eigenvalue weighted by atomic mass is 16.2. The van der Waals surface area contributed by atoms with E-state index in [0.717, 1.165) is 56.5 Å². The van der Waals surface area contributed by atoms with Crippen molar-refractivity contribution in [1.82, 2.24) is 4.90 Å². The molecule has 2 fully saturated rings. The lowest BCUT2D eigenvalue weighted by Gasteiger charge is -2.27. The van der Waals surface area contributed by atoms with Crippen molar-refractivity contribution in [1.29, 1.82) is 0 Å². The van der Waals surface area contributed by atoms with E-state index < -0.39 is 0 Å². The van der Waals surface area contributed by atoms with Gasteiger partial charge in [0, 0.05) is 24.4 Å². The summed E-state index contributed by atoms with van der Waals surface area (Å²) in [7, 11) is 0. The monoisotopic (exact) mass is 277 g/mol. The van der Waals surface area contributed by atoms with E-state index >= 15 is 0 Å². The third-order valence-corrected chi connectivity index (χ3v) is 3.88. The molecule has 20 heavy (non-hydrogen) atoms. The summed E-state index contributed by atoms with van der Waals surface area (Å²) in [4.78, 5) is 29.6. The number of hydrogen-bond donors (Lipinski definition) is 1. The van der Waals surface area contributed by atoms with Gasteiger partial charge in [0.25, 0.3) is 5.91 Å². The van der Waals surface area contributed by atoms with Crippen LogP contribution in [0.15, 0.2) is 16.3 Å². The number of carbonyl (C=O) groups is 2. The molecule has 0 aromatic heterocycles. The summed E-state index contributed by atoms with van der Waals surface area (Å²) in [5.41, 5.74) is 8.13. The molecule has 0 aromatic rings. The number of carbonyl (C=O) groups excluding carboxylic acids is 2. The molecule has 0 aromatic carbocycles. The smallest absolute Gasteiger partial charge is 0.270 e. The van der Waals surface area contributed by atoms with Crippen LogP contribution in [0.5, 0.6) is 0 Å². The number of amides is 1. The number of Topliss-reactive ketones (excluding diaryl/α,β-unsaturated/α-hetero) is 1. The number of nitrogens with two attached hydrogens (primary N) is 1. The zero-order valence-corrected chi connectivity index (χ0v) is 12.2. The quantitative estimate of drug-likeness (QED) is 0.793. The Kier molecular flexibility index (Phi) is 4.93. The van der Waals surface area contributed by atoms with E-state index in [1.54, 1.807) is 0 Å². The van der Waals surface area contributed by atoms with E-state index in [4.69, 9.17) is 5.73 Å². The van der Waals surface area contributed by atoms with Crippen LogP contribution < -0.4 is 5.73 Å². The molecule has 5 heteroatoms. The fourth-order valence-corrected chi connectivity index (χ4v) is 2.80. The molecule has 2 N–H and O–H groups in total. The number of rotatable bonds is 3. The molecule has 1 amide bonds. The average molecular weight is 277 g/mol. The Labute approximate surface area is 119 Å². The minimum atomic E-state index is -0.0582. The molecule has 0 radical (unpaired) electrons. The van der Waals surface area contributed by atoms with E-state index in [0.29, 0.717) is 5.70 Å². The SMILES string of the molecule is CC(=O)CN=C1CCC/C1=C(/N)C(=O)N1CCCCC1. The van der Waals surface area contributed by atoms with Crippen LogP contribution in [0, 0.1) is 0 Å². The predicted octanol–water partition coefficient (Wildman–Crippen LogP) is 1.43. The third-order valence-electron chi connectivity index (χ3n) is 3.88. The van der Waals surface area contributed by atoms with E-state index in [9.17, 15) is 9.59 Å². The lowest BCUT2D eigenvalue weighted by atomic mass is 10.1. The third kappa shape index (κ3) is 3.46. The van der Waals surface area contributed by atoms with Crippen LogP contribution >= 0.6 is 0 Å². The normalized spacial score (nSPS) is 24.1. The molecular formula is C15H23N3O2. The Bertz CT molecular complexity index is 460. The lowest BCUT2D eigenvalue weighted by Crippen LogP contribution is -2.39. The Morgan fingerprint density at radius 3 is 2.50 bits per heavy atom. The number of aliphatic imine (C=N–C) groups is 1. The van der Waals surface area contributed by atoms with Gasteiger partial charge in [-0.05, 0) is 45.4 Å². The number of piperidine rings is 1. The van der Waals surface area contributed by atoms with Gasteiger partial charge in [-0.1, -0.05) is 0 Å². The molecule has 1 heterocycles. The van der Waals surface area contributed by atoms with Crippen LogP contribution in [0.25, 0.3) is 0 Å². The van der Waals surface area contributed by atoms with Crippen molar-refractivity contribution >= 4 is 17.4 Å². The van der Waals surface area contributed by atoms with Crippen molar-refractivity contribution in [3.8, 4) is 0 Å². The number of hydrogen-bond acceptors (Lipinski definition) is 4. The minimum Gasteiger partial charge on any atom is -0.394 e. The molecule has 0 unspecified atom stereocenters. The van der Waals surface area contributed by atoms with Crippen LogP contribution in [0.3, 0.4) is 0 Å². The first kappa shape index (κ1) is 14.8. The minimum absolute atomic E-state index is 0.0321. The molecule has 1 aliphatic heterocycles. The van der Waals surface area contributed by atoms with Gasteiger partial charge in [0.1, 0.15) is 5.70 Å². The van der Waals surface area contributed by atoms with Crippen molar-refractivity contribution in [3.63, 3.8) is 0 Å². The molecule has 110 valence electrons. The van der Waals surface area contributed by atoms with Crippen LogP contribution in [-0.4, -0.2) is 41.9 Å². The summed E-state index contributed by atoms with van der Waals surface area (Å²) in [6, 6.07) is 0. The standard InChI is InChI=1S/C15H23N3O2/c1-11(19)10-17-13-7-5-6-12(13)14(16)15(20)18-8-3-2-4-9-18/h2-10,16H2,1H3/b14-12-,17-13?. The largest absolute Gasteiger partial charge is 0.394 e. The zero-order valence-electron chi connectivity index (χ0n) is 12.2. The second kappa shape index (κ2) is 6.68. The zero-order chi connectivity index (χ0) is 14.5. The topological polar surface area (TPSA) is 75.8 Å². The Balaban J connectivity index is 2.14. The average Bonchev–Trinajstić information content (AvgIpc) is 2.93. The number of likely N-dealkylation sites (tertiary alicyclic amines) is 1. The highest BCUT2D eigenvalue weighted by Gasteiger charge is 2.25. The molecule has 1 saturated heterocycles. The molecule has 0 bridgehead atoms. The highest BCUT2D eigenvalue weighted by Crippen LogP contribution is 2.25. The second-order valence-corrected chi connectivity index (χ2v) is 5.56. The summed E-state index contributed by atoms with van der Waals surface area (Å²) < 4.78 is 0. The fourth-order valence-electron chi connectivity index (χ4n) is 2.80. The van der Waals surface area contributed by atoms with Gasteiger partial charge in [-0.25, -0.2) is 0 Å². The van der Waals surface area contributed by atoms with E-state index in [2.05, 4.69) is 4.99 Å². The molecule has 5 nitrogen and oxygen atoms in total. The number of allylic oxidation sites excluding steroid dienone is 1. The molecule has 0 spiro atoms. The Morgan fingerprint density at radius 2 is 1.85 bits per heavy atom. The van der Waals surface area contributed by atoms with Gasteiger partial charge in [0.05, 0.1) is 6.54 Å². The molecule has 0 atom stereocenters. The summed E-state index contributed by atoms with van der Waals surface area (Å²) in [5.74, 6) is -0.0261. The fraction of sp³-hybridized carbons (Fsp3) is 0.667. The number of ketones is 1. The first-order valence-corrected chi connectivity index (χ1v) is 7.40. The molecule has 2 aliphatic rings. The van der Waals surface area contributed by atoms with Crippen LogP contribution in [-0.2, 0) is 9.59 Å². The molecule has 2 rings (SSSR count). The van der Waals surface area contributed by atoms with E-state index in [1.807, 2.05) is 4.90 Å². The highest BCUT2D eigenvalue weighted by molar-refractivity contribution is 6.09. The van der Waals surface area contributed by atoms with Crippen molar-refractivity contribution < 1.29 is 9.59 Å². The first-order chi connectivity index (χ1) is 9.59. The Morgan fingerprint density at radius 1 is 1.15 bits per heavy atom. The molecule has 1 saturated carbocycles. The van der Waals surface area contributed by atoms with Gasteiger partial charge in [0.2, 0.25) is 0 Å². The second-order valence-electron chi connectivity index (χ2n) is 5.56. The van der Waals surface area contributed by atoms with E-state index in [1.165, 1.54) is 13.3 Å².